The smallest absolute Gasteiger partial charge is 0.323 e. The van der Waals surface area contributed by atoms with Crippen LogP contribution in [0.5, 0.6) is 0 Å². The Kier molecular flexibility index (Phi) is 4.25. The number of amides is 1. The molecule has 1 amide bonds. The first-order chi connectivity index (χ1) is 8.32. The van der Waals surface area contributed by atoms with Crippen molar-refractivity contribution in [2.75, 3.05) is 11.4 Å². The van der Waals surface area contributed by atoms with Crippen LogP contribution < -0.4 is 10.6 Å². The van der Waals surface area contributed by atoms with Crippen molar-refractivity contribution in [2.24, 2.45) is 5.73 Å². The van der Waals surface area contributed by atoms with Gasteiger partial charge < -0.3 is 15.7 Å². The van der Waals surface area contributed by atoms with E-state index in [0.717, 1.165) is 6.07 Å². The Hall–Kier alpha value is -2.11. The summed E-state index contributed by atoms with van der Waals surface area (Å²) < 4.78 is 13.8. The molecule has 98 valence electrons. The van der Waals surface area contributed by atoms with Gasteiger partial charge in [-0.3, -0.25) is 9.59 Å². The van der Waals surface area contributed by atoms with Crippen LogP contribution in [0.1, 0.15) is 24.2 Å². The number of benzene rings is 1. The molecule has 1 rings (SSSR count). The highest BCUT2D eigenvalue weighted by molar-refractivity contribution is 5.93. The summed E-state index contributed by atoms with van der Waals surface area (Å²) in [6, 6.07) is 3.56. The molecule has 1 aromatic carbocycles. The van der Waals surface area contributed by atoms with E-state index in [1.807, 2.05) is 0 Å². The molecule has 0 fully saturated rings. The summed E-state index contributed by atoms with van der Waals surface area (Å²) in [5, 5.41) is 8.79. The van der Waals surface area contributed by atoms with Crippen molar-refractivity contribution in [1.29, 1.82) is 0 Å². The van der Waals surface area contributed by atoms with Gasteiger partial charge in [0.2, 0.25) is 5.91 Å². The monoisotopic (exact) mass is 254 g/mol. The number of hydrogen-bond donors (Lipinski definition) is 2. The van der Waals surface area contributed by atoms with E-state index in [1.165, 1.54) is 17.0 Å². The second-order valence-corrected chi connectivity index (χ2v) is 4.15. The highest BCUT2D eigenvalue weighted by Crippen LogP contribution is 2.22. The molecule has 0 bridgehead atoms. The number of carboxylic acid groups (broad SMARTS) is 1. The minimum absolute atomic E-state index is 0.0512. The van der Waals surface area contributed by atoms with Crippen LogP contribution in [-0.4, -0.2) is 29.6 Å². The van der Waals surface area contributed by atoms with Crippen molar-refractivity contribution >= 4 is 17.6 Å². The molecule has 3 N–H and O–H groups in total. The number of anilines is 1. The molecule has 0 aliphatic heterocycles. The Labute approximate surface area is 104 Å². The number of hydrogen-bond acceptors (Lipinski definition) is 3. The first kappa shape index (κ1) is 14.0. The lowest BCUT2D eigenvalue weighted by Crippen LogP contribution is -2.36. The van der Waals surface area contributed by atoms with E-state index in [4.69, 9.17) is 10.8 Å². The van der Waals surface area contributed by atoms with Gasteiger partial charge in [0.25, 0.3) is 0 Å². The van der Waals surface area contributed by atoms with Gasteiger partial charge >= 0.3 is 5.97 Å². The molecule has 1 aromatic rings. The fourth-order valence-electron chi connectivity index (χ4n) is 1.58. The Morgan fingerprint density at radius 2 is 2.06 bits per heavy atom. The van der Waals surface area contributed by atoms with E-state index in [-0.39, 0.29) is 23.8 Å². The van der Waals surface area contributed by atoms with E-state index in [1.54, 1.807) is 13.8 Å². The number of nitrogens with zero attached hydrogens (tertiary/aromatic N) is 1. The van der Waals surface area contributed by atoms with Gasteiger partial charge in [-0.2, -0.15) is 0 Å². The van der Waals surface area contributed by atoms with Gasteiger partial charge in [-0.05, 0) is 32.0 Å². The lowest BCUT2D eigenvalue weighted by molar-refractivity contribution is -0.135. The van der Waals surface area contributed by atoms with Crippen molar-refractivity contribution < 1.29 is 19.1 Å². The molecule has 18 heavy (non-hydrogen) atoms. The van der Waals surface area contributed by atoms with Crippen molar-refractivity contribution in [2.45, 2.75) is 19.9 Å². The van der Waals surface area contributed by atoms with Crippen molar-refractivity contribution in [1.82, 2.24) is 0 Å². The molecule has 0 unspecified atom stereocenters. The van der Waals surface area contributed by atoms with Crippen LogP contribution in [0.25, 0.3) is 0 Å². The Bertz CT molecular complexity index is 474. The van der Waals surface area contributed by atoms with Crippen LogP contribution in [0.4, 0.5) is 10.1 Å². The third-order valence-electron chi connectivity index (χ3n) is 2.47. The summed E-state index contributed by atoms with van der Waals surface area (Å²) >= 11 is 0. The van der Waals surface area contributed by atoms with Gasteiger partial charge in [-0.1, -0.05) is 0 Å². The molecular weight excluding hydrogens is 239 g/mol. The molecule has 0 saturated carbocycles. The fourth-order valence-corrected chi connectivity index (χ4v) is 1.58. The van der Waals surface area contributed by atoms with E-state index >= 15 is 0 Å². The topological polar surface area (TPSA) is 83.6 Å². The molecule has 0 aliphatic rings. The first-order valence-corrected chi connectivity index (χ1v) is 5.40. The summed E-state index contributed by atoms with van der Waals surface area (Å²) in [6.07, 6.45) is 0. The van der Waals surface area contributed by atoms with Gasteiger partial charge in [0.1, 0.15) is 12.4 Å². The van der Waals surface area contributed by atoms with Crippen LogP contribution in [0.2, 0.25) is 0 Å². The molecular formula is C12H15FN2O3. The normalized spacial score (nSPS) is 10.4. The van der Waals surface area contributed by atoms with Crippen LogP contribution in [-0.2, 0) is 4.79 Å². The predicted octanol–water partition coefficient (Wildman–Crippen LogP) is 1.22. The van der Waals surface area contributed by atoms with Crippen molar-refractivity contribution in [3.63, 3.8) is 0 Å². The highest BCUT2D eigenvalue weighted by Gasteiger charge is 2.18. The molecule has 0 spiro atoms. The molecule has 0 aliphatic carbocycles. The minimum atomic E-state index is -1.05. The molecule has 0 saturated heterocycles. The number of nitrogens with two attached hydrogens (primary N) is 1. The maximum absolute atomic E-state index is 13.8. The molecule has 6 heteroatoms. The number of carboxylic acids is 1. The van der Waals surface area contributed by atoms with Gasteiger partial charge in [0.15, 0.2) is 0 Å². The lowest BCUT2D eigenvalue weighted by atomic mass is 10.1. The maximum atomic E-state index is 13.8. The molecule has 0 aromatic heterocycles. The highest BCUT2D eigenvalue weighted by atomic mass is 19.1. The molecule has 5 nitrogen and oxygen atoms in total. The second-order valence-electron chi connectivity index (χ2n) is 4.15. The first-order valence-electron chi connectivity index (χ1n) is 5.40. The zero-order chi connectivity index (χ0) is 13.9. The van der Waals surface area contributed by atoms with E-state index in [2.05, 4.69) is 0 Å². The summed E-state index contributed by atoms with van der Waals surface area (Å²) in [6.45, 7) is 3.19. The number of rotatable bonds is 5. The van der Waals surface area contributed by atoms with Crippen molar-refractivity contribution in [3.8, 4) is 0 Å². The largest absolute Gasteiger partial charge is 0.480 e. The van der Waals surface area contributed by atoms with E-state index in [0.29, 0.717) is 0 Å². The quantitative estimate of drug-likeness (QED) is 0.827. The van der Waals surface area contributed by atoms with Crippen LogP contribution in [0.3, 0.4) is 0 Å². The zero-order valence-electron chi connectivity index (χ0n) is 10.2. The second kappa shape index (κ2) is 5.48. The van der Waals surface area contributed by atoms with Crippen LogP contribution in [0, 0.1) is 5.82 Å². The Morgan fingerprint density at radius 1 is 1.44 bits per heavy atom. The van der Waals surface area contributed by atoms with Crippen LogP contribution in [0.15, 0.2) is 18.2 Å². The summed E-state index contributed by atoms with van der Waals surface area (Å²) in [4.78, 5) is 23.0. The summed E-state index contributed by atoms with van der Waals surface area (Å²) in [7, 11) is 0. The molecule has 0 heterocycles. The summed E-state index contributed by atoms with van der Waals surface area (Å²) in [5.74, 6) is -2.45. The van der Waals surface area contributed by atoms with E-state index < -0.39 is 17.7 Å². The summed E-state index contributed by atoms with van der Waals surface area (Å²) in [5.41, 5.74) is 5.22. The van der Waals surface area contributed by atoms with E-state index in [9.17, 15) is 14.0 Å². The minimum Gasteiger partial charge on any atom is -0.480 e. The Morgan fingerprint density at radius 3 is 2.44 bits per heavy atom. The van der Waals surface area contributed by atoms with Gasteiger partial charge in [-0.15, -0.1) is 0 Å². The number of carbonyl (C=O) groups is 2. The lowest BCUT2D eigenvalue weighted by Gasteiger charge is -2.27. The van der Waals surface area contributed by atoms with Gasteiger partial charge in [-0.25, -0.2) is 4.39 Å². The van der Waals surface area contributed by atoms with Gasteiger partial charge in [0.05, 0.1) is 5.69 Å². The maximum Gasteiger partial charge on any atom is 0.323 e. The fraction of sp³-hybridized carbons (Fsp3) is 0.333. The number of aliphatic carboxylic acids is 1. The number of halogens is 1. The number of primary amides is 1. The SMILES string of the molecule is CC(C)N(CC(=O)O)c1ccc(C(N)=O)cc1F. The van der Waals surface area contributed by atoms with Crippen LogP contribution >= 0.6 is 0 Å². The Balaban J connectivity index is 3.13. The van der Waals surface area contributed by atoms with Gasteiger partial charge in [0, 0.05) is 11.6 Å². The standard InChI is InChI=1S/C12H15FN2O3/c1-7(2)15(6-11(16)17)10-4-3-8(12(14)18)5-9(10)13/h3-5,7H,6H2,1-2H3,(H2,14,18)(H,16,17). The molecule has 0 radical (unpaired) electrons. The number of carbonyl (C=O) groups excluding carboxylic acids is 1. The average molecular weight is 254 g/mol. The molecule has 0 atom stereocenters. The van der Waals surface area contributed by atoms with Crippen molar-refractivity contribution in [3.05, 3.63) is 29.6 Å². The average Bonchev–Trinajstić information content (AvgIpc) is 2.25. The predicted molar refractivity (Wildman–Crippen MR) is 65.0 cm³/mol. The third-order valence-corrected chi connectivity index (χ3v) is 2.47. The third kappa shape index (κ3) is 3.19. The zero-order valence-corrected chi connectivity index (χ0v) is 10.2.